The molecule has 0 bridgehead atoms. The molecule has 1 aromatic carbocycles. The van der Waals surface area contributed by atoms with Crippen molar-refractivity contribution in [1.82, 2.24) is 0 Å². The van der Waals surface area contributed by atoms with Crippen molar-refractivity contribution in [2.75, 3.05) is 19.0 Å². The number of carboxylic acid groups (broad SMARTS) is 1. The SMILES string of the molecule is C=C.CN(C)c1ccccc1C(=O)O. The predicted octanol–water partition coefficient (Wildman–Crippen LogP) is 2.25. The first-order valence-corrected chi connectivity index (χ1v) is 4.12. The van der Waals surface area contributed by atoms with Crippen molar-refractivity contribution < 1.29 is 9.90 Å². The molecule has 0 spiro atoms. The maximum Gasteiger partial charge on any atom is 0.337 e. The molecule has 0 saturated heterocycles. The fourth-order valence-electron chi connectivity index (χ4n) is 1.04. The highest BCUT2D eigenvalue weighted by atomic mass is 16.4. The van der Waals surface area contributed by atoms with Crippen LogP contribution >= 0.6 is 0 Å². The molecule has 0 atom stereocenters. The molecule has 3 heteroatoms. The van der Waals surface area contributed by atoms with E-state index in [0.29, 0.717) is 5.56 Å². The fourth-order valence-corrected chi connectivity index (χ4v) is 1.04. The van der Waals surface area contributed by atoms with Crippen LogP contribution < -0.4 is 4.90 Å². The zero-order valence-electron chi connectivity index (χ0n) is 8.53. The fraction of sp³-hybridized carbons (Fsp3) is 0.182. The minimum atomic E-state index is -0.890. The molecule has 3 nitrogen and oxygen atoms in total. The molecule has 0 aliphatic carbocycles. The minimum Gasteiger partial charge on any atom is -0.478 e. The molecule has 0 saturated carbocycles. The second-order valence-electron chi connectivity index (χ2n) is 2.72. The van der Waals surface area contributed by atoms with Gasteiger partial charge in [0.05, 0.1) is 11.3 Å². The van der Waals surface area contributed by atoms with E-state index in [1.54, 1.807) is 23.1 Å². The van der Waals surface area contributed by atoms with Crippen molar-refractivity contribution >= 4 is 11.7 Å². The molecule has 1 N–H and O–H groups in total. The van der Waals surface area contributed by atoms with Crippen LogP contribution in [0.3, 0.4) is 0 Å². The van der Waals surface area contributed by atoms with E-state index in [2.05, 4.69) is 13.2 Å². The Morgan fingerprint density at radius 3 is 2.14 bits per heavy atom. The quantitative estimate of drug-likeness (QED) is 0.732. The zero-order valence-corrected chi connectivity index (χ0v) is 8.53. The number of para-hydroxylation sites is 1. The van der Waals surface area contributed by atoms with Gasteiger partial charge in [0.1, 0.15) is 0 Å². The van der Waals surface area contributed by atoms with Crippen molar-refractivity contribution in [3.63, 3.8) is 0 Å². The predicted molar refractivity (Wildman–Crippen MR) is 59.0 cm³/mol. The third kappa shape index (κ3) is 2.94. The lowest BCUT2D eigenvalue weighted by atomic mass is 10.2. The van der Waals surface area contributed by atoms with E-state index in [4.69, 9.17) is 5.11 Å². The average molecular weight is 193 g/mol. The van der Waals surface area contributed by atoms with Gasteiger partial charge >= 0.3 is 5.97 Å². The number of benzene rings is 1. The van der Waals surface area contributed by atoms with Crippen molar-refractivity contribution in [2.45, 2.75) is 0 Å². The van der Waals surface area contributed by atoms with Gasteiger partial charge in [-0.05, 0) is 12.1 Å². The van der Waals surface area contributed by atoms with Gasteiger partial charge in [-0.1, -0.05) is 12.1 Å². The van der Waals surface area contributed by atoms with Crippen LogP contribution in [-0.4, -0.2) is 25.2 Å². The standard InChI is InChI=1S/C9H11NO2.C2H4/c1-10(2)8-6-4-3-5-7(8)9(11)12;1-2/h3-6H,1-2H3,(H,11,12);1-2H2. The van der Waals surface area contributed by atoms with Crippen molar-refractivity contribution in [3.8, 4) is 0 Å². The van der Waals surface area contributed by atoms with E-state index in [0.717, 1.165) is 5.69 Å². The third-order valence-electron chi connectivity index (χ3n) is 1.62. The maximum atomic E-state index is 10.7. The first kappa shape index (κ1) is 12.2. The van der Waals surface area contributed by atoms with Crippen LogP contribution in [0.2, 0.25) is 0 Å². The van der Waals surface area contributed by atoms with E-state index in [9.17, 15) is 4.79 Å². The number of aromatic carboxylic acids is 1. The van der Waals surface area contributed by atoms with Gasteiger partial charge in [0.25, 0.3) is 0 Å². The maximum absolute atomic E-state index is 10.7. The van der Waals surface area contributed by atoms with E-state index in [-0.39, 0.29) is 0 Å². The first-order valence-electron chi connectivity index (χ1n) is 4.12. The lowest BCUT2D eigenvalue weighted by Crippen LogP contribution is -2.13. The van der Waals surface area contributed by atoms with E-state index >= 15 is 0 Å². The Hall–Kier alpha value is -1.77. The highest BCUT2D eigenvalue weighted by Gasteiger charge is 2.09. The number of anilines is 1. The van der Waals surface area contributed by atoms with Gasteiger partial charge in [-0.25, -0.2) is 4.79 Å². The smallest absolute Gasteiger partial charge is 0.337 e. The summed E-state index contributed by atoms with van der Waals surface area (Å²) >= 11 is 0. The Kier molecular flexibility index (Phi) is 5.07. The molecule has 76 valence electrons. The average Bonchev–Trinajstić information content (AvgIpc) is 2.20. The van der Waals surface area contributed by atoms with Crippen LogP contribution in [0.15, 0.2) is 37.4 Å². The topological polar surface area (TPSA) is 40.5 Å². The van der Waals surface area contributed by atoms with Crippen LogP contribution in [0.1, 0.15) is 10.4 Å². The number of hydrogen-bond donors (Lipinski definition) is 1. The molecule has 14 heavy (non-hydrogen) atoms. The van der Waals surface area contributed by atoms with Crippen LogP contribution in [0.25, 0.3) is 0 Å². The van der Waals surface area contributed by atoms with Gasteiger partial charge in [0.2, 0.25) is 0 Å². The minimum absolute atomic E-state index is 0.336. The van der Waals surface area contributed by atoms with Crippen molar-refractivity contribution in [3.05, 3.63) is 43.0 Å². The van der Waals surface area contributed by atoms with Crippen LogP contribution in [0.4, 0.5) is 5.69 Å². The molecule has 0 unspecified atom stereocenters. The van der Waals surface area contributed by atoms with E-state index in [1.165, 1.54) is 0 Å². The van der Waals surface area contributed by atoms with Gasteiger partial charge in [0.15, 0.2) is 0 Å². The molecule has 0 aliphatic rings. The van der Waals surface area contributed by atoms with E-state index < -0.39 is 5.97 Å². The van der Waals surface area contributed by atoms with Gasteiger partial charge in [0, 0.05) is 14.1 Å². The summed E-state index contributed by atoms with van der Waals surface area (Å²) in [6, 6.07) is 6.92. The number of nitrogens with zero attached hydrogens (tertiary/aromatic N) is 1. The summed E-state index contributed by atoms with van der Waals surface area (Å²) in [6.07, 6.45) is 0. The number of hydrogen-bond acceptors (Lipinski definition) is 2. The summed E-state index contributed by atoms with van der Waals surface area (Å²) in [4.78, 5) is 12.5. The van der Waals surface area contributed by atoms with Gasteiger partial charge < -0.3 is 10.0 Å². The summed E-state index contributed by atoms with van der Waals surface area (Å²) in [5.41, 5.74) is 1.06. The van der Waals surface area contributed by atoms with Crippen LogP contribution in [-0.2, 0) is 0 Å². The Morgan fingerprint density at radius 2 is 1.79 bits per heavy atom. The molecule has 0 heterocycles. The lowest BCUT2D eigenvalue weighted by molar-refractivity contribution is 0.0697. The molecule has 0 aromatic heterocycles. The number of carboxylic acids is 1. The second-order valence-corrected chi connectivity index (χ2v) is 2.72. The molecule has 1 rings (SSSR count). The van der Waals surface area contributed by atoms with Gasteiger partial charge in [-0.2, -0.15) is 0 Å². The molecule has 1 aromatic rings. The molecule has 0 fully saturated rings. The Balaban J connectivity index is 0.000000791. The largest absolute Gasteiger partial charge is 0.478 e. The van der Waals surface area contributed by atoms with Crippen LogP contribution in [0, 0.1) is 0 Å². The van der Waals surface area contributed by atoms with Crippen LogP contribution in [0.5, 0.6) is 0 Å². The summed E-state index contributed by atoms with van der Waals surface area (Å²) < 4.78 is 0. The molecular formula is C11H15NO2. The normalized spacial score (nSPS) is 8.43. The summed E-state index contributed by atoms with van der Waals surface area (Å²) in [5, 5.41) is 8.79. The van der Waals surface area contributed by atoms with E-state index in [1.807, 2.05) is 20.2 Å². The Labute approximate surface area is 84.3 Å². The van der Waals surface area contributed by atoms with Gasteiger partial charge in [-0.3, -0.25) is 0 Å². The Bertz CT molecular complexity index is 308. The third-order valence-corrected chi connectivity index (χ3v) is 1.62. The zero-order chi connectivity index (χ0) is 11.1. The molecule has 0 aliphatic heterocycles. The van der Waals surface area contributed by atoms with Gasteiger partial charge in [-0.15, -0.1) is 13.2 Å². The first-order chi connectivity index (χ1) is 6.63. The molecule has 0 radical (unpaired) electrons. The molecular weight excluding hydrogens is 178 g/mol. The summed E-state index contributed by atoms with van der Waals surface area (Å²) in [6.45, 7) is 6.00. The van der Waals surface area contributed by atoms with Crippen molar-refractivity contribution in [2.24, 2.45) is 0 Å². The Morgan fingerprint density at radius 1 is 1.29 bits per heavy atom. The second kappa shape index (κ2) is 5.80. The monoisotopic (exact) mass is 193 g/mol. The van der Waals surface area contributed by atoms with Crippen molar-refractivity contribution in [1.29, 1.82) is 0 Å². The lowest BCUT2D eigenvalue weighted by Gasteiger charge is -2.14. The summed E-state index contributed by atoms with van der Waals surface area (Å²) in [7, 11) is 3.64. The highest BCUT2D eigenvalue weighted by molar-refractivity contribution is 5.94. The number of rotatable bonds is 2. The molecule has 0 amide bonds. The summed E-state index contributed by atoms with van der Waals surface area (Å²) in [5.74, 6) is -0.890. The highest BCUT2D eigenvalue weighted by Crippen LogP contribution is 2.17. The number of carbonyl (C=O) groups is 1.